The van der Waals surface area contributed by atoms with Crippen LogP contribution in [0.25, 0.3) is 0 Å². The van der Waals surface area contributed by atoms with Crippen LogP contribution in [0.1, 0.15) is 6.42 Å². The number of carbonyl (C=O) groups is 2. The van der Waals surface area contributed by atoms with Crippen LogP contribution in [-0.2, 0) is 9.59 Å². The van der Waals surface area contributed by atoms with E-state index in [-0.39, 0.29) is 17.7 Å². The molecule has 0 radical (unpaired) electrons. The molecule has 3 atom stereocenters. The van der Waals surface area contributed by atoms with Crippen LogP contribution in [-0.4, -0.2) is 23.0 Å². The zero-order chi connectivity index (χ0) is 7.30. The molecule has 1 saturated carbocycles. The van der Waals surface area contributed by atoms with Crippen LogP contribution in [0, 0.1) is 11.8 Å². The molecule has 1 aliphatic heterocycles. The Labute approximate surface area is 57.2 Å². The van der Waals surface area contributed by atoms with Crippen molar-refractivity contribution >= 4 is 11.9 Å². The molecular formula is C6H7NO3. The first-order valence-corrected chi connectivity index (χ1v) is 3.23. The van der Waals surface area contributed by atoms with Crippen LogP contribution < -0.4 is 5.32 Å². The molecule has 0 aromatic rings. The summed E-state index contributed by atoms with van der Waals surface area (Å²) in [7, 11) is 0. The first-order chi connectivity index (χ1) is 4.70. The monoisotopic (exact) mass is 141 g/mol. The lowest BCUT2D eigenvalue weighted by atomic mass is 10.2. The van der Waals surface area contributed by atoms with Gasteiger partial charge in [-0.15, -0.1) is 0 Å². The fraction of sp³-hybridized carbons (Fsp3) is 0.667. The van der Waals surface area contributed by atoms with E-state index >= 15 is 0 Å². The second kappa shape index (κ2) is 1.51. The Morgan fingerprint density at radius 1 is 1.70 bits per heavy atom. The Kier molecular flexibility index (Phi) is 0.859. The molecule has 0 aromatic carbocycles. The zero-order valence-corrected chi connectivity index (χ0v) is 5.20. The Hall–Kier alpha value is -1.06. The number of carboxylic acids is 1. The molecule has 1 amide bonds. The van der Waals surface area contributed by atoms with Gasteiger partial charge in [-0.05, 0) is 6.42 Å². The number of amides is 1. The van der Waals surface area contributed by atoms with E-state index in [1.165, 1.54) is 0 Å². The molecule has 2 fully saturated rings. The van der Waals surface area contributed by atoms with Crippen molar-refractivity contribution in [2.24, 2.45) is 11.8 Å². The highest BCUT2D eigenvalue weighted by Crippen LogP contribution is 2.45. The second-order valence-corrected chi connectivity index (χ2v) is 2.83. The van der Waals surface area contributed by atoms with Crippen molar-refractivity contribution in [1.29, 1.82) is 0 Å². The number of hydrogen-bond acceptors (Lipinski definition) is 2. The van der Waals surface area contributed by atoms with Gasteiger partial charge in [0.2, 0.25) is 5.91 Å². The fourth-order valence-electron chi connectivity index (χ4n) is 1.50. The molecule has 1 saturated heterocycles. The van der Waals surface area contributed by atoms with E-state index in [1.54, 1.807) is 0 Å². The standard InChI is InChI=1S/C6H7NO3/c8-5-3-1-2(3)4(7-5)6(9)10/h2-4H,1H2,(H,7,8)(H,9,10)/t2-,3+,4+/m0/s1. The van der Waals surface area contributed by atoms with Crippen LogP contribution in [0.4, 0.5) is 0 Å². The minimum atomic E-state index is -0.904. The number of rotatable bonds is 1. The van der Waals surface area contributed by atoms with Gasteiger partial charge in [0.1, 0.15) is 6.04 Å². The first kappa shape index (κ1) is 5.70. The summed E-state index contributed by atoms with van der Waals surface area (Å²) in [6.45, 7) is 0. The number of carbonyl (C=O) groups excluding carboxylic acids is 1. The predicted molar refractivity (Wildman–Crippen MR) is 31.2 cm³/mol. The quantitative estimate of drug-likeness (QED) is 0.502. The highest BCUT2D eigenvalue weighted by atomic mass is 16.4. The summed E-state index contributed by atoms with van der Waals surface area (Å²) in [6, 6.07) is -0.600. The van der Waals surface area contributed by atoms with Crippen LogP contribution in [0.5, 0.6) is 0 Å². The van der Waals surface area contributed by atoms with Gasteiger partial charge in [-0.3, -0.25) is 4.79 Å². The summed E-state index contributed by atoms with van der Waals surface area (Å²) in [6.07, 6.45) is 0.767. The predicted octanol–water partition coefficient (Wildman–Crippen LogP) is -0.795. The molecule has 10 heavy (non-hydrogen) atoms. The normalized spacial score (nSPS) is 42.4. The van der Waals surface area contributed by atoms with Crippen molar-refractivity contribution in [1.82, 2.24) is 5.32 Å². The molecular weight excluding hydrogens is 134 g/mol. The Morgan fingerprint density at radius 3 is 2.60 bits per heavy atom. The van der Waals surface area contributed by atoms with Gasteiger partial charge in [0.05, 0.1) is 0 Å². The van der Waals surface area contributed by atoms with Crippen LogP contribution in [0.15, 0.2) is 0 Å². The van der Waals surface area contributed by atoms with Gasteiger partial charge in [0, 0.05) is 11.8 Å². The van der Waals surface area contributed by atoms with Crippen molar-refractivity contribution in [3.05, 3.63) is 0 Å². The largest absolute Gasteiger partial charge is 0.480 e. The molecule has 0 unspecified atom stereocenters. The lowest BCUT2D eigenvalue weighted by Gasteiger charge is -2.05. The SMILES string of the molecule is O=C1N[C@@H](C(=O)O)[C@H]2C[C@@H]12. The van der Waals surface area contributed by atoms with Crippen molar-refractivity contribution in [2.75, 3.05) is 0 Å². The number of piperidine rings is 1. The molecule has 4 heteroatoms. The first-order valence-electron chi connectivity index (χ1n) is 3.23. The Bertz CT molecular complexity index is 213. The van der Waals surface area contributed by atoms with Crippen molar-refractivity contribution in [3.63, 3.8) is 0 Å². The molecule has 1 heterocycles. The lowest BCUT2D eigenvalue weighted by molar-refractivity contribution is -0.140. The summed E-state index contributed by atoms with van der Waals surface area (Å²) in [5.74, 6) is -0.887. The third-order valence-electron chi connectivity index (χ3n) is 2.17. The molecule has 4 nitrogen and oxygen atoms in total. The number of aliphatic carboxylic acids is 1. The average Bonchev–Trinajstić information content (AvgIpc) is 2.55. The average molecular weight is 141 g/mol. The Morgan fingerprint density at radius 2 is 2.40 bits per heavy atom. The van der Waals surface area contributed by atoms with Crippen LogP contribution in [0.3, 0.4) is 0 Å². The minimum Gasteiger partial charge on any atom is -0.480 e. The second-order valence-electron chi connectivity index (χ2n) is 2.83. The molecule has 2 N–H and O–H groups in total. The Balaban J connectivity index is 2.15. The number of carboxylic acid groups (broad SMARTS) is 1. The van der Waals surface area contributed by atoms with Gasteiger partial charge in [0.25, 0.3) is 0 Å². The molecule has 2 rings (SSSR count). The molecule has 54 valence electrons. The minimum absolute atomic E-state index is 0.0149. The number of hydrogen-bond donors (Lipinski definition) is 2. The molecule has 0 bridgehead atoms. The summed E-state index contributed by atoms with van der Waals surface area (Å²) in [4.78, 5) is 21.1. The smallest absolute Gasteiger partial charge is 0.326 e. The zero-order valence-electron chi connectivity index (χ0n) is 5.20. The lowest BCUT2D eigenvalue weighted by Crippen LogP contribution is -2.36. The maximum atomic E-state index is 10.8. The maximum Gasteiger partial charge on any atom is 0.326 e. The van der Waals surface area contributed by atoms with Gasteiger partial charge in [-0.1, -0.05) is 0 Å². The number of fused-ring (bicyclic) bond motifs is 1. The van der Waals surface area contributed by atoms with E-state index in [2.05, 4.69) is 5.32 Å². The number of nitrogens with one attached hydrogen (secondary N) is 1. The summed E-state index contributed by atoms with van der Waals surface area (Å²) in [5, 5.41) is 10.9. The van der Waals surface area contributed by atoms with E-state index in [1.807, 2.05) is 0 Å². The van der Waals surface area contributed by atoms with E-state index in [4.69, 9.17) is 5.11 Å². The summed E-state index contributed by atoms with van der Waals surface area (Å²) >= 11 is 0. The molecule has 0 spiro atoms. The van der Waals surface area contributed by atoms with Gasteiger partial charge in [-0.25, -0.2) is 4.79 Å². The van der Waals surface area contributed by atoms with E-state index in [0.29, 0.717) is 0 Å². The van der Waals surface area contributed by atoms with Gasteiger partial charge in [-0.2, -0.15) is 0 Å². The van der Waals surface area contributed by atoms with Crippen LogP contribution >= 0.6 is 0 Å². The highest BCUT2D eigenvalue weighted by Gasteiger charge is 2.56. The highest BCUT2D eigenvalue weighted by molar-refractivity contribution is 5.92. The van der Waals surface area contributed by atoms with E-state index < -0.39 is 12.0 Å². The summed E-state index contributed by atoms with van der Waals surface area (Å²) in [5.41, 5.74) is 0. The van der Waals surface area contributed by atoms with E-state index in [0.717, 1.165) is 6.42 Å². The topological polar surface area (TPSA) is 66.4 Å². The summed E-state index contributed by atoms with van der Waals surface area (Å²) < 4.78 is 0. The van der Waals surface area contributed by atoms with Gasteiger partial charge >= 0.3 is 5.97 Å². The van der Waals surface area contributed by atoms with Crippen molar-refractivity contribution in [3.8, 4) is 0 Å². The van der Waals surface area contributed by atoms with Gasteiger partial charge in [0.15, 0.2) is 0 Å². The third kappa shape index (κ3) is 0.558. The third-order valence-corrected chi connectivity index (χ3v) is 2.17. The van der Waals surface area contributed by atoms with Crippen LogP contribution in [0.2, 0.25) is 0 Å². The fourth-order valence-corrected chi connectivity index (χ4v) is 1.50. The molecule has 0 aromatic heterocycles. The van der Waals surface area contributed by atoms with Crippen molar-refractivity contribution in [2.45, 2.75) is 12.5 Å². The van der Waals surface area contributed by atoms with Gasteiger partial charge < -0.3 is 10.4 Å². The maximum absolute atomic E-state index is 10.8. The van der Waals surface area contributed by atoms with Crippen molar-refractivity contribution < 1.29 is 14.7 Å². The van der Waals surface area contributed by atoms with E-state index in [9.17, 15) is 9.59 Å². The molecule has 2 aliphatic rings. The molecule has 1 aliphatic carbocycles.